The number of nitrogens with zero attached hydrogens (tertiary/aromatic N) is 1. The molecular formula is C15H18F4N2O. The third kappa shape index (κ3) is 4.43. The SMILES string of the molecule is Cc1ccc(NC(=O)CN2CCC(C(F)(F)F)CC2)cc1F. The number of piperidine rings is 1. The number of amides is 1. The smallest absolute Gasteiger partial charge is 0.325 e. The highest BCUT2D eigenvalue weighted by atomic mass is 19.4. The Morgan fingerprint density at radius 2 is 1.95 bits per heavy atom. The number of halogens is 4. The summed E-state index contributed by atoms with van der Waals surface area (Å²) < 4.78 is 51.0. The van der Waals surface area contributed by atoms with Crippen LogP contribution in [0.3, 0.4) is 0 Å². The van der Waals surface area contributed by atoms with Crippen LogP contribution in [-0.2, 0) is 4.79 Å². The Morgan fingerprint density at radius 3 is 2.50 bits per heavy atom. The first-order valence-electron chi connectivity index (χ1n) is 7.11. The van der Waals surface area contributed by atoms with E-state index in [1.807, 2.05) is 0 Å². The summed E-state index contributed by atoms with van der Waals surface area (Å²) in [5.41, 5.74) is 0.825. The van der Waals surface area contributed by atoms with Gasteiger partial charge in [-0.2, -0.15) is 13.2 Å². The van der Waals surface area contributed by atoms with E-state index in [9.17, 15) is 22.4 Å². The predicted octanol–water partition coefficient (Wildman–Crippen LogP) is 3.35. The zero-order chi connectivity index (χ0) is 16.3. The van der Waals surface area contributed by atoms with Crippen molar-refractivity contribution in [3.05, 3.63) is 29.6 Å². The first-order valence-corrected chi connectivity index (χ1v) is 7.11. The van der Waals surface area contributed by atoms with Crippen LogP contribution in [0.15, 0.2) is 18.2 Å². The van der Waals surface area contributed by atoms with Crippen molar-refractivity contribution in [1.82, 2.24) is 4.90 Å². The van der Waals surface area contributed by atoms with E-state index in [4.69, 9.17) is 0 Å². The molecule has 0 saturated carbocycles. The van der Waals surface area contributed by atoms with Crippen molar-refractivity contribution in [2.24, 2.45) is 5.92 Å². The predicted molar refractivity (Wildman–Crippen MR) is 75.0 cm³/mol. The molecule has 3 nitrogen and oxygen atoms in total. The molecule has 1 heterocycles. The summed E-state index contributed by atoms with van der Waals surface area (Å²) in [6.45, 7) is 2.10. The Balaban J connectivity index is 1.82. The molecule has 1 saturated heterocycles. The summed E-state index contributed by atoms with van der Waals surface area (Å²) in [5.74, 6) is -2.05. The van der Waals surface area contributed by atoms with Gasteiger partial charge in [-0.1, -0.05) is 6.07 Å². The van der Waals surface area contributed by atoms with Crippen molar-refractivity contribution in [2.45, 2.75) is 25.9 Å². The Hall–Kier alpha value is -1.63. The molecule has 7 heteroatoms. The van der Waals surface area contributed by atoms with Gasteiger partial charge in [-0.25, -0.2) is 4.39 Å². The molecule has 0 bridgehead atoms. The van der Waals surface area contributed by atoms with Gasteiger partial charge in [-0.05, 0) is 50.6 Å². The molecule has 0 aromatic heterocycles. The second kappa shape index (κ2) is 6.64. The first kappa shape index (κ1) is 16.7. The van der Waals surface area contributed by atoms with Gasteiger partial charge in [0.05, 0.1) is 12.5 Å². The molecule has 0 aliphatic carbocycles. The van der Waals surface area contributed by atoms with Crippen molar-refractivity contribution < 1.29 is 22.4 Å². The van der Waals surface area contributed by atoms with Gasteiger partial charge in [-0.15, -0.1) is 0 Å². The number of carbonyl (C=O) groups excluding carboxylic acids is 1. The number of hydrogen-bond donors (Lipinski definition) is 1. The maximum Gasteiger partial charge on any atom is 0.391 e. The van der Waals surface area contributed by atoms with Gasteiger partial charge in [0.1, 0.15) is 5.82 Å². The normalized spacial score (nSPS) is 17.5. The van der Waals surface area contributed by atoms with Gasteiger partial charge in [0.25, 0.3) is 0 Å². The van der Waals surface area contributed by atoms with Gasteiger partial charge in [0, 0.05) is 5.69 Å². The molecule has 0 spiro atoms. The zero-order valence-electron chi connectivity index (χ0n) is 12.2. The number of likely N-dealkylation sites (tertiary alicyclic amines) is 1. The maximum absolute atomic E-state index is 13.4. The van der Waals surface area contributed by atoms with Gasteiger partial charge in [-0.3, -0.25) is 9.69 Å². The molecule has 1 aliphatic rings. The molecule has 1 aromatic carbocycles. The van der Waals surface area contributed by atoms with E-state index in [1.54, 1.807) is 24.0 Å². The van der Waals surface area contributed by atoms with Crippen molar-refractivity contribution in [1.29, 1.82) is 0 Å². The van der Waals surface area contributed by atoms with Crippen molar-refractivity contribution in [3.63, 3.8) is 0 Å². The fourth-order valence-corrected chi connectivity index (χ4v) is 2.49. The van der Waals surface area contributed by atoms with Crippen LogP contribution in [0.25, 0.3) is 0 Å². The van der Waals surface area contributed by atoms with E-state index in [-0.39, 0.29) is 38.4 Å². The van der Waals surface area contributed by atoms with Gasteiger partial charge in [0.2, 0.25) is 5.91 Å². The van der Waals surface area contributed by atoms with E-state index >= 15 is 0 Å². The second-order valence-corrected chi connectivity index (χ2v) is 5.60. The first-order chi connectivity index (χ1) is 10.3. The molecule has 1 aliphatic heterocycles. The number of anilines is 1. The summed E-state index contributed by atoms with van der Waals surface area (Å²) >= 11 is 0. The molecule has 22 heavy (non-hydrogen) atoms. The number of nitrogens with one attached hydrogen (secondary N) is 1. The maximum atomic E-state index is 13.4. The lowest BCUT2D eigenvalue weighted by Crippen LogP contribution is -2.42. The minimum absolute atomic E-state index is 0.00986. The summed E-state index contributed by atoms with van der Waals surface area (Å²) in [7, 11) is 0. The van der Waals surface area contributed by atoms with E-state index in [2.05, 4.69) is 5.32 Å². The van der Waals surface area contributed by atoms with E-state index in [0.29, 0.717) is 11.3 Å². The Kier molecular flexibility index (Phi) is 5.05. The average Bonchev–Trinajstić information content (AvgIpc) is 2.42. The van der Waals surface area contributed by atoms with Crippen molar-refractivity contribution in [3.8, 4) is 0 Å². The molecule has 0 atom stereocenters. The lowest BCUT2D eigenvalue weighted by molar-refractivity contribution is -0.184. The number of carbonyl (C=O) groups is 1. The van der Waals surface area contributed by atoms with Crippen LogP contribution >= 0.6 is 0 Å². The molecule has 0 radical (unpaired) electrons. The molecule has 2 rings (SSSR count). The Morgan fingerprint density at radius 1 is 1.32 bits per heavy atom. The fraction of sp³-hybridized carbons (Fsp3) is 0.533. The largest absolute Gasteiger partial charge is 0.391 e. The summed E-state index contributed by atoms with van der Waals surface area (Å²) in [4.78, 5) is 13.5. The minimum Gasteiger partial charge on any atom is -0.325 e. The highest BCUT2D eigenvalue weighted by Gasteiger charge is 2.41. The van der Waals surface area contributed by atoms with Gasteiger partial charge < -0.3 is 5.32 Å². The zero-order valence-corrected chi connectivity index (χ0v) is 12.2. The second-order valence-electron chi connectivity index (χ2n) is 5.60. The number of aryl methyl sites for hydroxylation is 1. The quantitative estimate of drug-likeness (QED) is 0.867. The van der Waals surface area contributed by atoms with E-state index < -0.39 is 17.9 Å². The monoisotopic (exact) mass is 318 g/mol. The molecular weight excluding hydrogens is 300 g/mol. The Labute approximate surface area is 126 Å². The van der Waals surface area contributed by atoms with Crippen LogP contribution < -0.4 is 5.32 Å². The summed E-state index contributed by atoms with van der Waals surface area (Å²) in [6, 6.07) is 4.37. The van der Waals surface area contributed by atoms with Crippen LogP contribution in [0.2, 0.25) is 0 Å². The van der Waals surface area contributed by atoms with Crippen LogP contribution in [0, 0.1) is 18.7 Å². The summed E-state index contributed by atoms with van der Waals surface area (Å²) in [6.07, 6.45) is -4.14. The van der Waals surface area contributed by atoms with Crippen molar-refractivity contribution >= 4 is 11.6 Å². The highest BCUT2D eigenvalue weighted by Crippen LogP contribution is 2.33. The molecule has 1 fully saturated rings. The average molecular weight is 318 g/mol. The molecule has 1 N–H and O–H groups in total. The molecule has 1 amide bonds. The molecule has 1 aromatic rings. The lowest BCUT2D eigenvalue weighted by Gasteiger charge is -2.32. The lowest BCUT2D eigenvalue weighted by atomic mass is 9.96. The summed E-state index contributed by atoms with van der Waals surface area (Å²) in [5, 5.41) is 2.56. The van der Waals surface area contributed by atoms with E-state index in [0.717, 1.165) is 0 Å². The van der Waals surface area contributed by atoms with Crippen molar-refractivity contribution in [2.75, 3.05) is 25.0 Å². The van der Waals surface area contributed by atoms with Gasteiger partial charge >= 0.3 is 6.18 Å². The standard InChI is InChI=1S/C15H18F4N2O/c1-10-2-3-12(8-13(10)16)20-14(22)9-21-6-4-11(5-7-21)15(17,18)19/h2-3,8,11H,4-7,9H2,1H3,(H,20,22). The number of alkyl halides is 3. The van der Waals surface area contributed by atoms with Crippen LogP contribution in [-0.4, -0.2) is 36.6 Å². The third-order valence-corrected chi connectivity index (χ3v) is 3.87. The third-order valence-electron chi connectivity index (χ3n) is 3.87. The number of hydrogen-bond acceptors (Lipinski definition) is 2. The van der Waals surface area contributed by atoms with Crippen LogP contribution in [0.5, 0.6) is 0 Å². The van der Waals surface area contributed by atoms with Crippen LogP contribution in [0.4, 0.5) is 23.2 Å². The fourth-order valence-electron chi connectivity index (χ4n) is 2.49. The molecule has 0 unspecified atom stereocenters. The minimum atomic E-state index is -4.16. The highest BCUT2D eigenvalue weighted by molar-refractivity contribution is 5.92. The van der Waals surface area contributed by atoms with E-state index in [1.165, 1.54) is 6.07 Å². The molecule has 122 valence electrons. The number of rotatable bonds is 3. The topological polar surface area (TPSA) is 32.3 Å². The Bertz CT molecular complexity index is 537. The number of benzene rings is 1. The van der Waals surface area contributed by atoms with Crippen LogP contribution in [0.1, 0.15) is 18.4 Å². The van der Waals surface area contributed by atoms with Gasteiger partial charge in [0.15, 0.2) is 0 Å².